The predicted octanol–water partition coefficient (Wildman–Crippen LogP) is 1.71. The monoisotopic (exact) mass is 220 g/mol. The molecule has 2 heterocycles. The lowest BCUT2D eigenvalue weighted by atomic mass is 10.2. The van der Waals surface area contributed by atoms with Gasteiger partial charge in [0, 0.05) is 12.7 Å². The molecular weight excluding hydrogens is 208 g/mol. The van der Waals surface area contributed by atoms with Crippen molar-refractivity contribution in [1.82, 2.24) is 19.9 Å². The Kier molecular flexibility index (Phi) is 3.37. The van der Waals surface area contributed by atoms with Crippen LogP contribution in [-0.4, -0.2) is 21.1 Å². The number of hydrogen-bond acceptors (Lipinski definition) is 5. The molecule has 0 radical (unpaired) electrons. The highest BCUT2D eigenvalue weighted by Gasteiger charge is 2.09. The molecule has 4 nitrogen and oxygen atoms in total. The van der Waals surface area contributed by atoms with Crippen molar-refractivity contribution in [2.75, 3.05) is 6.54 Å². The first-order valence-corrected chi connectivity index (χ1v) is 5.62. The summed E-state index contributed by atoms with van der Waals surface area (Å²) in [5.41, 5.74) is 1.78. The van der Waals surface area contributed by atoms with Crippen molar-refractivity contribution in [2.45, 2.75) is 13.5 Å². The van der Waals surface area contributed by atoms with Gasteiger partial charge >= 0.3 is 0 Å². The van der Waals surface area contributed by atoms with Crippen LogP contribution >= 0.6 is 11.5 Å². The molecule has 0 aliphatic rings. The molecule has 2 aromatic heterocycles. The molecule has 0 aliphatic carbocycles. The summed E-state index contributed by atoms with van der Waals surface area (Å²) in [6.07, 6.45) is 1.77. The number of hydrogen-bond donors (Lipinski definition) is 1. The summed E-state index contributed by atoms with van der Waals surface area (Å²) in [5.74, 6) is 0. The van der Waals surface area contributed by atoms with Crippen LogP contribution in [0.25, 0.3) is 11.4 Å². The van der Waals surface area contributed by atoms with Gasteiger partial charge in [0.2, 0.25) is 0 Å². The molecule has 0 bridgehead atoms. The summed E-state index contributed by atoms with van der Waals surface area (Å²) in [5, 5.41) is 7.37. The van der Waals surface area contributed by atoms with E-state index in [1.54, 1.807) is 6.20 Å². The van der Waals surface area contributed by atoms with Crippen molar-refractivity contribution >= 4 is 11.5 Å². The van der Waals surface area contributed by atoms with E-state index in [2.05, 4.69) is 26.8 Å². The van der Waals surface area contributed by atoms with E-state index < -0.39 is 0 Å². The molecule has 0 fully saturated rings. The van der Waals surface area contributed by atoms with Gasteiger partial charge in [0.05, 0.1) is 10.6 Å². The minimum absolute atomic E-state index is 0.806. The van der Waals surface area contributed by atoms with E-state index in [0.717, 1.165) is 29.4 Å². The highest BCUT2D eigenvalue weighted by atomic mass is 32.1. The molecule has 5 heteroatoms. The molecular formula is C10H12N4S. The van der Waals surface area contributed by atoms with Gasteiger partial charge in [-0.3, -0.25) is 4.98 Å². The second-order valence-electron chi connectivity index (χ2n) is 3.04. The Morgan fingerprint density at radius 1 is 1.40 bits per heavy atom. The van der Waals surface area contributed by atoms with Crippen LogP contribution in [0.5, 0.6) is 0 Å². The van der Waals surface area contributed by atoms with Gasteiger partial charge in [-0.2, -0.15) is 0 Å². The Balaban J connectivity index is 2.25. The third kappa shape index (κ3) is 2.37. The fourth-order valence-corrected chi connectivity index (χ4v) is 1.88. The Hall–Kier alpha value is -1.33. The Labute approximate surface area is 92.5 Å². The molecule has 1 N–H and O–H groups in total. The van der Waals surface area contributed by atoms with E-state index in [1.807, 2.05) is 18.2 Å². The van der Waals surface area contributed by atoms with Gasteiger partial charge in [0.1, 0.15) is 5.69 Å². The minimum Gasteiger partial charge on any atom is -0.312 e. The summed E-state index contributed by atoms with van der Waals surface area (Å²) >= 11 is 1.42. The minimum atomic E-state index is 0.806. The smallest absolute Gasteiger partial charge is 0.128 e. The van der Waals surface area contributed by atoms with E-state index >= 15 is 0 Å². The highest BCUT2D eigenvalue weighted by molar-refractivity contribution is 7.05. The van der Waals surface area contributed by atoms with Crippen molar-refractivity contribution in [3.05, 3.63) is 29.3 Å². The van der Waals surface area contributed by atoms with E-state index in [4.69, 9.17) is 0 Å². The maximum absolute atomic E-state index is 4.27. The number of rotatable bonds is 4. The van der Waals surface area contributed by atoms with Crippen LogP contribution in [0.15, 0.2) is 24.4 Å². The van der Waals surface area contributed by atoms with Gasteiger partial charge in [-0.1, -0.05) is 17.5 Å². The van der Waals surface area contributed by atoms with Crippen molar-refractivity contribution in [1.29, 1.82) is 0 Å². The number of pyridine rings is 1. The van der Waals surface area contributed by atoms with E-state index in [-0.39, 0.29) is 0 Å². The Bertz CT molecular complexity index is 412. The predicted molar refractivity (Wildman–Crippen MR) is 60.5 cm³/mol. The van der Waals surface area contributed by atoms with Crippen LogP contribution in [0.2, 0.25) is 0 Å². The van der Waals surface area contributed by atoms with E-state index in [9.17, 15) is 0 Å². The SMILES string of the molecule is CCNCc1snnc1-c1ccccn1. The van der Waals surface area contributed by atoms with Crippen LogP contribution < -0.4 is 5.32 Å². The van der Waals surface area contributed by atoms with Gasteiger partial charge in [0.25, 0.3) is 0 Å². The molecule has 78 valence electrons. The number of nitrogens with one attached hydrogen (secondary N) is 1. The fourth-order valence-electron chi connectivity index (χ4n) is 1.26. The lowest BCUT2D eigenvalue weighted by Crippen LogP contribution is -2.11. The molecule has 2 aromatic rings. The largest absolute Gasteiger partial charge is 0.312 e. The molecule has 0 aliphatic heterocycles. The Morgan fingerprint density at radius 3 is 3.07 bits per heavy atom. The van der Waals surface area contributed by atoms with Gasteiger partial charge in [-0.25, -0.2) is 0 Å². The second-order valence-corrected chi connectivity index (χ2v) is 3.88. The summed E-state index contributed by atoms with van der Waals surface area (Å²) < 4.78 is 3.96. The van der Waals surface area contributed by atoms with Gasteiger partial charge in [-0.15, -0.1) is 5.10 Å². The van der Waals surface area contributed by atoms with E-state index in [1.165, 1.54) is 11.5 Å². The van der Waals surface area contributed by atoms with Crippen molar-refractivity contribution in [3.63, 3.8) is 0 Å². The molecule has 0 aromatic carbocycles. The quantitative estimate of drug-likeness (QED) is 0.852. The van der Waals surface area contributed by atoms with Crippen molar-refractivity contribution < 1.29 is 0 Å². The van der Waals surface area contributed by atoms with Crippen molar-refractivity contribution in [2.24, 2.45) is 0 Å². The topological polar surface area (TPSA) is 50.7 Å². The normalized spacial score (nSPS) is 10.5. The first-order chi connectivity index (χ1) is 7.42. The highest BCUT2D eigenvalue weighted by Crippen LogP contribution is 2.21. The summed E-state index contributed by atoms with van der Waals surface area (Å²) in [4.78, 5) is 5.40. The van der Waals surface area contributed by atoms with Crippen LogP contribution in [-0.2, 0) is 6.54 Å². The van der Waals surface area contributed by atoms with Crippen molar-refractivity contribution in [3.8, 4) is 11.4 Å². The first-order valence-electron chi connectivity index (χ1n) is 4.85. The third-order valence-electron chi connectivity index (χ3n) is 2.00. The molecule has 0 saturated carbocycles. The molecule has 15 heavy (non-hydrogen) atoms. The zero-order valence-corrected chi connectivity index (χ0v) is 9.29. The lowest BCUT2D eigenvalue weighted by molar-refractivity contribution is 0.735. The summed E-state index contributed by atoms with van der Waals surface area (Å²) in [6.45, 7) is 3.83. The van der Waals surface area contributed by atoms with Crippen LogP contribution in [0, 0.1) is 0 Å². The first kappa shape index (κ1) is 10.2. The lowest BCUT2D eigenvalue weighted by Gasteiger charge is -2.00. The average molecular weight is 220 g/mol. The van der Waals surface area contributed by atoms with Gasteiger partial charge in [0.15, 0.2) is 0 Å². The van der Waals surface area contributed by atoms with Crippen LogP contribution in [0.4, 0.5) is 0 Å². The number of nitrogens with zero attached hydrogens (tertiary/aromatic N) is 3. The molecule has 0 atom stereocenters. The van der Waals surface area contributed by atoms with Gasteiger partial charge < -0.3 is 5.32 Å². The molecule has 0 unspecified atom stereocenters. The zero-order chi connectivity index (χ0) is 10.5. The average Bonchev–Trinajstić information content (AvgIpc) is 2.75. The molecule has 2 rings (SSSR count). The van der Waals surface area contributed by atoms with Gasteiger partial charge in [-0.05, 0) is 30.2 Å². The standard InChI is InChI=1S/C10H12N4S/c1-2-11-7-9-10(13-14-15-9)8-5-3-4-6-12-8/h3-6,11H,2,7H2,1H3. The zero-order valence-electron chi connectivity index (χ0n) is 8.47. The summed E-state index contributed by atoms with van der Waals surface area (Å²) in [7, 11) is 0. The maximum Gasteiger partial charge on any atom is 0.128 e. The molecule has 0 saturated heterocycles. The van der Waals surface area contributed by atoms with E-state index in [0.29, 0.717) is 0 Å². The second kappa shape index (κ2) is 4.95. The summed E-state index contributed by atoms with van der Waals surface area (Å²) in [6, 6.07) is 5.80. The molecule has 0 amide bonds. The van der Waals surface area contributed by atoms with Crippen LogP contribution in [0.3, 0.4) is 0 Å². The maximum atomic E-state index is 4.27. The third-order valence-corrected chi connectivity index (χ3v) is 2.72. The molecule has 0 spiro atoms. The fraction of sp³-hybridized carbons (Fsp3) is 0.300. The Morgan fingerprint density at radius 2 is 2.33 bits per heavy atom. The number of aromatic nitrogens is 3. The van der Waals surface area contributed by atoms with Crippen LogP contribution in [0.1, 0.15) is 11.8 Å².